The smallest absolute Gasteiger partial charge is 0.120 e. The van der Waals surface area contributed by atoms with E-state index in [-0.39, 0.29) is 0 Å². The van der Waals surface area contributed by atoms with E-state index in [1.54, 1.807) is 0 Å². The van der Waals surface area contributed by atoms with Crippen molar-refractivity contribution in [1.29, 1.82) is 0 Å². The SMILES string of the molecule is CCOc1ccc(N)c(SCCC2CCNCC2)c1. The normalized spacial score (nSPS) is 16.5. The van der Waals surface area contributed by atoms with Gasteiger partial charge >= 0.3 is 0 Å². The number of nitrogen functional groups attached to an aromatic ring is 1. The summed E-state index contributed by atoms with van der Waals surface area (Å²) >= 11 is 1.86. The minimum Gasteiger partial charge on any atom is -0.494 e. The van der Waals surface area contributed by atoms with E-state index in [1.807, 2.05) is 30.8 Å². The maximum atomic E-state index is 6.02. The van der Waals surface area contributed by atoms with Crippen molar-refractivity contribution in [2.75, 3.05) is 31.2 Å². The third-order valence-corrected chi connectivity index (χ3v) is 4.64. The predicted molar refractivity (Wildman–Crippen MR) is 83.0 cm³/mol. The number of thioether (sulfide) groups is 1. The Balaban J connectivity index is 1.82. The van der Waals surface area contributed by atoms with Gasteiger partial charge in [0.25, 0.3) is 0 Å². The topological polar surface area (TPSA) is 47.3 Å². The standard InChI is InChI=1S/C15H24N2OS/c1-2-18-13-3-4-14(16)15(11-13)19-10-7-12-5-8-17-9-6-12/h3-4,11-12,17H,2,5-10,16H2,1H3. The van der Waals surface area contributed by atoms with E-state index in [2.05, 4.69) is 11.4 Å². The van der Waals surface area contributed by atoms with Crippen LogP contribution in [0.15, 0.2) is 23.1 Å². The Hall–Kier alpha value is -0.870. The Morgan fingerprint density at radius 3 is 2.89 bits per heavy atom. The zero-order valence-corrected chi connectivity index (χ0v) is 12.5. The molecule has 1 fully saturated rings. The highest BCUT2D eigenvalue weighted by atomic mass is 32.2. The molecule has 1 aliphatic rings. The molecule has 0 amide bonds. The molecule has 3 nitrogen and oxygen atoms in total. The van der Waals surface area contributed by atoms with Crippen LogP contribution in [0, 0.1) is 5.92 Å². The minimum absolute atomic E-state index is 0.698. The molecule has 4 heteroatoms. The van der Waals surface area contributed by atoms with Gasteiger partial charge in [-0.15, -0.1) is 11.8 Å². The van der Waals surface area contributed by atoms with Crippen LogP contribution in [0.5, 0.6) is 5.75 Å². The summed E-state index contributed by atoms with van der Waals surface area (Å²) in [6.45, 7) is 5.05. The highest BCUT2D eigenvalue weighted by Gasteiger charge is 2.13. The van der Waals surface area contributed by atoms with Crippen molar-refractivity contribution in [3.8, 4) is 5.75 Å². The van der Waals surface area contributed by atoms with Gasteiger partial charge in [0.05, 0.1) is 6.61 Å². The molecular formula is C15H24N2OS. The molecule has 0 bridgehead atoms. The molecule has 1 aliphatic heterocycles. The molecule has 0 spiro atoms. The van der Waals surface area contributed by atoms with Crippen LogP contribution in [-0.4, -0.2) is 25.4 Å². The van der Waals surface area contributed by atoms with Crippen molar-refractivity contribution < 1.29 is 4.74 Å². The van der Waals surface area contributed by atoms with Gasteiger partial charge in [0, 0.05) is 10.6 Å². The third-order valence-electron chi connectivity index (χ3n) is 3.54. The molecule has 0 aromatic heterocycles. The molecule has 1 aromatic carbocycles. The van der Waals surface area contributed by atoms with Gasteiger partial charge in [0.15, 0.2) is 0 Å². The second-order valence-electron chi connectivity index (χ2n) is 4.96. The Morgan fingerprint density at radius 1 is 1.37 bits per heavy atom. The van der Waals surface area contributed by atoms with Gasteiger partial charge in [-0.25, -0.2) is 0 Å². The van der Waals surface area contributed by atoms with Crippen LogP contribution in [0.4, 0.5) is 5.69 Å². The first-order chi connectivity index (χ1) is 9.29. The molecule has 0 saturated carbocycles. The van der Waals surface area contributed by atoms with Crippen LogP contribution in [0.1, 0.15) is 26.2 Å². The highest BCUT2D eigenvalue weighted by molar-refractivity contribution is 7.99. The van der Waals surface area contributed by atoms with Gasteiger partial charge in [0.1, 0.15) is 5.75 Å². The second-order valence-corrected chi connectivity index (χ2v) is 6.10. The summed E-state index contributed by atoms with van der Waals surface area (Å²) < 4.78 is 5.52. The number of ether oxygens (including phenoxy) is 1. The van der Waals surface area contributed by atoms with E-state index in [1.165, 1.54) is 32.4 Å². The van der Waals surface area contributed by atoms with Crippen molar-refractivity contribution in [3.63, 3.8) is 0 Å². The molecule has 19 heavy (non-hydrogen) atoms. The fraction of sp³-hybridized carbons (Fsp3) is 0.600. The fourth-order valence-corrected chi connectivity index (χ4v) is 3.51. The lowest BCUT2D eigenvalue weighted by molar-refractivity contribution is 0.339. The van der Waals surface area contributed by atoms with E-state index in [0.29, 0.717) is 6.61 Å². The number of hydrogen-bond acceptors (Lipinski definition) is 4. The van der Waals surface area contributed by atoms with Gasteiger partial charge in [-0.2, -0.15) is 0 Å². The number of piperidine rings is 1. The lowest BCUT2D eigenvalue weighted by atomic mass is 9.96. The quantitative estimate of drug-likeness (QED) is 0.621. The fourth-order valence-electron chi connectivity index (χ4n) is 2.40. The summed E-state index contributed by atoms with van der Waals surface area (Å²) in [5, 5.41) is 3.41. The molecule has 1 saturated heterocycles. The van der Waals surface area contributed by atoms with Gasteiger partial charge in [-0.1, -0.05) is 0 Å². The lowest BCUT2D eigenvalue weighted by Crippen LogP contribution is -2.27. The van der Waals surface area contributed by atoms with Crippen molar-refractivity contribution >= 4 is 17.4 Å². The average molecular weight is 280 g/mol. The van der Waals surface area contributed by atoms with E-state index in [4.69, 9.17) is 10.5 Å². The molecule has 3 N–H and O–H groups in total. The molecule has 2 rings (SSSR count). The first kappa shape index (κ1) is 14.5. The number of nitrogens with two attached hydrogens (primary N) is 1. The molecular weight excluding hydrogens is 256 g/mol. The Bertz CT molecular complexity index is 392. The number of hydrogen-bond donors (Lipinski definition) is 2. The predicted octanol–water partition coefficient (Wildman–Crippen LogP) is 3.15. The van der Waals surface area contributed by atoms with Gasteiger partial charge in [-0.3, -0.25) is 0 Å². The highest BCUT2D eigenvalue weighted by Crippen LogP contribution is 2.31. The molecule has 0 radical (unpaired) electrons. The zero-order valence-electron chi connectivity index (χ0n) is 11.7. The Kier molecular flexibility index (Phi) is 5.86. The van der Waals surface area contributed by atoms with E-state index >= 15 is 0 Å². The second kappa shape index (κ2) is 7.65. The summed E-state index contributed by atoms with van der Waals surface area (Å²) in [7, 11) is 0. The monoisotopic (exact) mass is 280 g/mol. The molecule has 0 aliphatic carbocycles. The summed E-state index contributed by atoms with van der Waals surface area (Å²) in [6.07, 6.45) is 3.91. The molecule has 106 valence electrons. The third kappa shape index (κ3) is 4.62. The zero-order chi connectivity index (χ0) is 13.5. The first-order valence-electron chi connectivity index (χ1n) is 7.15. The maximum Gasteiger partial charge on any atom is 0.120 e. The Morgan fingerprint density at radius 2 is 2.16 bits per heavy atom. The van der Waals surface area contributed by atoms with Crippen LogP contribution in [-0.2, 0) is 0 Å². The van der Waals surface area contributed by atoms with Gasteiger partial charge in [-0.05, 0) is 69.1 Å². The number of benzene rings is 1. The van der Waals surface area contributed by atoms with Crippen LogP contribution in [0.3, 0.4) is 0 Å². The number of anilines is 1. The summed E-state index contributed by atoms with van der Waals surface area (Å²) in [5.74, 6) is 2.94. The maximum absolute atomic E-state index is 6.02. The van der Waals surface area contributed by atoms with Crippen molar-refractivity contribution in [1.82, 2.24) is 5.32 Å². The van der Waals surface area contributed by atoms with Crippen molar-refractivity contribution in [2.45, 2.75) is 31.1 Å². The number of nitrogens with one attached hydrogen (secondary N) is 1. The minimum atomic E-state index is 0.698. The molecule has 1 aromatic rings. The van der Waals surface area contributed by atoms with Crippen LogP contribution < -0.4 is 15.8 Å². The molecule has 1 heterocycles. The molecule has 0 unspecified atom stereocenters. The largest absolute Gasteiger partial charge is 0.494 e. The van der Waals surface area contributed by atoms with Crippen LogP contribution >= 0.6 is 11.8 Å². The summed E-state index contributed by atoms with van der Waals surface area (Å²) in [4.78, 5) is 1.15. The summed E-state index contributed by atoms with van der Waals surface area (Å²) in [5.41, 5.74) is 6.88. The summed E-state index contributed by atoms with van der Waals surface area (Å²) in [6, 6.07) is 5.94. The number of rotatable bonds is 6. The average Bonchev–Trinajstić information content (AvgIpc) is 2.44. The Labute approximate surface area is 120 Å². The lowest BCUT2D eigenvalue weighted by Gasteiger charge is -2.22. The van der Waals surface area contributed by atoms with E-state index < -0.39 is 0 Å². The first-order valence-corrected chi connectivity index (χ1v) is 8.14. The van der Waals surface area contributed by atoms with Crippen LogP contribution in [0.2, 0.25) is 0 Å². The van der Waals surface area contributed by atoms with Crippen molar-refractivity contribution in [3.05, 3.63) is 18.2 Å². The van der Waals surface area contributed by atoms with Crippen molar-refractivity contribution in [2.24, 2.45) is 5.92 Å². The van der Waals surface area contributed by atoms with E-state index in [0.717, 1.165) is 28.0 Å². The van der Waals surface area contributed by atoms with Gasteiger partial charge in [0.2, 0.25) is 0 Å². The molecule has 0 atom stereocenters. The van der Waals surface area contributed by atoms with Crippen LogP contribution in [0.25, 0.3) is 0 Å². The van der Waals surface area contributed by atoms with Gasteiger partial charge < -0.3 is 15.8 Å². The van der Waals surface area contributed by atoms with E-state index in [9.17, 15) is 0 Å².